The normalized spacial score (nSPS) is 21.9. The van der Waals surface area contributed by atoms with Crippen LogP contribution >= 0.6 is 0 Å². The summed E-state index contributed by atoms with van der Waals surface area (Å²) in [6, 6.07) is -0.212. The van der Waals surface area contributed by atoms with Crippen molar-refractivity contribution >= 4 is 12.0 Å². The van der Waals surface area contributed by atoms with Crippen molar-refractivity contribution in [3.63, 3.8) is 0 Å². The lowest BCUT2D eigenvalue weighted by Crippen LogP contribution is -2.56. The first-order valence-electron chi connectivity index (χ1n) is 7.73. The number of urea groups is 1. The molecule has 1 aliphatic rings. The molecule has 1 saturated heterocycles. The molecule has 6 nitrogen and oxygen atoms in total. The van der Waals surface area contributed by atoms with E-state index in [1.807, 2.05) is 20.8 Å². The van der Waals surface area contributed by atoms with Crippen LogP contribution in [0.4, 0.5) is 4.79 Å². The highest BCUT2D eigenvalue weighted by Gasteiger charge is 2.49. The second-order valence-corrected chi connectivity index (χ2v) is 5.97. The van der Waals surface area contributed by atoms with Crippen molar-refractivity contribution in [3.8, 4) is 0 Å². The lowest BCUT2D eigenvalue weighted by atomic mass is 9.91. The van der Waals surface area contributed by atoms with Crippen molar-refractivity contribution in [1.82, 2.24) is 9.80 Å². The fraction of sp³-hybridized carbons (Fsp3) is 0.867. The lowest BCUT2D eigenvalue weighted by molar-refractivity contribution is -0.148. The average molecular weight is 300 g/mol. The van der Waals surface area contributed by atoms with E-state index < -0.39 is 11.5 Å². The molecule has 1 heterocycles. The first-order chi connectivity index (χ1) is 9.85. The van der Waals surface area contributed by atoms with Crippen molar-refractivity contribution in [2.45, 2.75) is 58.1 Å². The van der Waals surface area contributed by atoms with Gasteiger partial charge in [0.1, 0.15) is 5.54 Å². The molecule has 0 aromatic carbocycles. The van der Waals surface area contributed by atoms with Gasteiger partial charge in [-0.05, 0) is 33.1 Å². The van der Waals surface area contributed by atoms with Crippen molar-refractivity contribution in [3.05, 3.63) is 0 Å². The third-order valence-corrected chi connectivity index (χ3v) is 3.99. The summed E-state index contributed by atoms with van der Waals surface area (Å²) in [6.07, 6.45) is 2.66. The van der Waals surface area contributed by atoms with Gasteiger partial charge in [0.15, 0.2) is 0 Å². The smallest absolute Gasteiger partial charge is 0.329 e. The molecule has 0 bridgehead atoms. The molecule has 1 fully saturated rings. The molecular formula is C15H28N2O4. The Morgan fingerprint density at radius 1 is 1.43 bits per heavy atom. The maximum atomic E-state index is 12.5. The predicted molar refractivity (Wildman–Crippen MR) is 80.3 cm³/mol. The molecule has 0 aromatic rings. The minimum Gasteiger partial charge on any atom is -0.479 e. The lowest BCUT2D eigenvalue weighted by Gasteiger charge is -2.37. The summed E-state index contributed by atoms with van der Waals surface area (Å²) in [4.78, 5) is 27.4. The number of likely N-dealkylation sites (N-methyl/N-ethyl adjacent to an activating group) is 1. The minimum absolute atomic E-state index is 0.124. The fourth-order valence-corrected chi connectivity index (χ4v) is 2.89. The number of amides is 2. The van der Waals surface area contributed by atoms with E-state index in [0.717, 1.165) is 12.8 Å². The summed E-state index contributed by atoms with van der Waals surface area (Å²) in [7, 11) is 1.70. The van der Waals surface area contributed by atoms with E-state index in [9.17, 15) is 14.7 Å². The number of carboxylic acid groups (broad SMARTS) is 1. The highest BCUT2D eigenvalue weighted by molar-refractivity contribution is 5.87. The SMILES string of the molecule is CCCC1(C(=O)O)CCCN1C(=O)N(C)CCOC(C)C. The van der Waals surface area contributed by atoms with Crippen LogP contribution in [0.1, 0.15) is 46.5 Å². The van der Waals surface area contributed by atoms with E-state index in [1.165, 1.54) is 4.90 Å². The molecule has 2 amide bonds. The number of carboxylic acids is 1. The van der Waals surface area contributed by atoms with Crippen LogP contribution in [-0.2, 0) is 9.53 Å². The fourth-order valence-electron chi connectivity index (χ4n) is 2.89. The van der Waals surface area contributed by atoms with Gasteiger partial charge in [-0.15, -0.1) is 0 Å². The molecular weight excluding hydrogens is 272 g/mol. The van der Waals surface area contributed by atoms with Crippen LogP contribution in [-0.4, -0.2) is 65.3 Å². The summed E-state index contributed by atoms with van der Waals surface area (Å²) in [5.41, 5.74) is -1.03. The third kappa shape index (κ3) is 4.09. The van der Waals surface area contributed by atoms with Crippen molar-refractivity contribution in [2.75, 3.05) is 26.7 Å². The van der Waals surface area contributed by atoms with Crippen LogP contribution in [0.5, 0.6) is 0 Å². The van der Waals surface area contributed by atoms with Gasteiger partial charge in [0.2, 0.25) is 0 Å². The summed E-state index contributed by atoms with van der Waals surface area (Å²) in [5, 5.41) is 9.61. The van der Waals surface area contributed by atoms with E-state index in [-0.39, 0.29) is 12.1 Å². The Labute approximate surface area is 127 Å². The molecule has 0 saturated carbocycles. The monoisotopic (exact) mass is 300 g/mol. The molecule has 6 heteroatoms. The Balaban J connectivity index is 2.72. The van der Waals surface area contributed by atoms with Crippen LogP contribution in [0.15, 0.2) is 0 Å². The summed E-state index contributed by atoms with van der Waals surface area (Å²) in [6.45, 7) is 7.28. The Bertz CT molecular complexity index is 373. The number of ether oxygens (including phenoxy) is 1. The highest BCUT2D eigenvalue weighted by Crippen LogP contribution is 2.34. The molecule has 21 heavy (non-hydrogen) atoms. The van der Waals surface area contributed by atoms with Crippen molar-refractivity contribution in [1.29, 1.82) is 0 Å². The van der Waals surface area contributed by atoms with Crippen LogP contribution in [0.3, 0.4) is 0 Å². The maximum absolute atomic E-state index is 12.5. The van der Waals surface area contributed by atoms with Gasteiger partial charge in [0.25, 0.3) is 0 Å². The van der Waals surface area contributed by atoms with Crippen molar-refractivity contribution in [2.24, 2.45) is 0 Å². The van der Waals surface area contributed by atoms with Gasteiger partial charge in [0, 0.05) is 20.1 Å². The minimum atomic E-state index is -1.03. The third-order valence-electron chi connectivity index (χ3n) is 3.99. The standard InChI is InChI=1S/C15H28N2O4/c1-5-7-15(13(18)19)8-6-9-17(15)14(20)16(4)10-11-21-12(2)3/h12H,5-11H2,1-4H3,(H,18,19). The van der Waals surface area contributed by atoms with E-state index in [2.05, 4.69) is 0 Å². The van der Waals surface area contributed by atoms with Gasteiger partial charge < -0.3 is 19.6 Å². The average Bonchev–Trinajstić information content (AvgIpc) is 2.82. The van der Waals surface area contributed by atoms with Crippen molar-refractivity contribution < 1.29 is 19.4 Å². The number of nitrogens with zero attached hydrogens (tertiary/aromatic N) is 2. The van der Waals surface area contributed by atoms with E-state index >= 15 is 0 Å². The molecule has 0 radical (unpaired) electrons. The second kappa shape index (κ2) is 7.64. The molecule has 0 spiro atoms. The molecule has 1 atom stereocenters. The zero-order valence-electron chi connectivity index (χ0n) is 13.6. The van der Waals surface area contributed by atoms with Gasteiger partial charge in [-0.1, -0.05) is 13.3 Å². The van der Waals surface area contributed by atoms with Crippen LogP contribution in [0.2, 0.25) is 0 Å². The van der Waals surface area contributed by atoms with Gasteiger partial charge in [0.05, 0.1) is 12.7 Å². The summed E-state index contributed by atoms with van der Waals surface area (Å²) in [5.74, 6) is -0.887. The Kier molecular flexibility index (Phi) is 6.45. The van der Waals surface area contributed by atoms with Crippen LogP contribution < -0.4 is 0 Å². The Hall–Kier alpha value is -1.30. The van der Waals surface area contributed by atoms with E-state index in [1.54, 1.807) is 11.9 Å². The molecule has 0 aromatic heterocycles. The largest absolute Gasteiger partial charge is 0.479 e. The zero-order valence-corrected chi connectivity index (χ0v) is 13.6. The molecule has 1 aliphatic heterocycles. The maximum Gasteiger partial charge on any atom is 0.329 e. The predicted octanol–water partition coefficient (Wildman–Crippen LogP) is 2.18. The number of hydrogen-bond donors (Lipinski definition) is 1. The van der Waals surface area contributed by atoms with Gasteiger partial charge >= 0.3 is 12.0 Å². The van der Waals surface area contributed by atoms with Gasteiger partial charge in [-0.25, -0.2) is 9.59 Å². The summed E-state index contributed by atoms with van der Waals surface area (Å²) >= 11 is 0. The topological polar surface area (TPSA) is 70.1 Å². The second-order valence-electron chi connectivity index (χ2n) is 5.97. The number of likely N-dealkylation sites (tertiary alicyclic amines) is 1. The van der Waals surface area contributed by atoms with Gasteiger partial charge in [-0.2, -0.15) is 0 Å². The number of hydrogen-bond acceptors (Lipinski definition) is 3. The summed E-state index contributed by atoms with van der Waals surface area (Å²) < 4.78 is 5.44. The zero-order chi connectivity index (χ0) is 16.0. The molecule has 122 valence electrons. The molecule has 1 unspecified atom stereocenters. The van der Waals surface area contributed by atoms with Gasteiger partial charge in [-0.3, -0.25) is 0 Å². The van der Waals surface area contributed by atoms with Crippen LogP contribution in [0, 0.1) is 0 Å². The first kappa shape index (κ1) is 17.8. The van der Waals surface area contributed by atoms with Crippen LogP contribution in [0.25, 0.3) is 0 Å². The number of carbonyl (C=O) groups is 2. The molecule has 1 N–H and O–H groups in total. The molecule has 1 rings (SSSR count). The number of carbonyl (C=O) groups excluding carboxylic acids is 1. The first-order valence-corrected chi connectivity index (χ1v) is 7.73. The number of rotatable bonds is 7. The Morgan fingerprint density at radius 3 is 2.62 bits per heavy atom. The highest BCUT2D eigenvalue weighted by atomic mass is 16.5. The Morgan fingerprint density at radius 2 is 2.10 bits per heavy atom. The van der Waals surface area contributed by atoms with E-state index in [4.69, 9.17) is 4.74 Å². The van der Waals surface area contributed by atoms with E-state index in [0.29, 0.717) is 32.5 Å². The number of aliphatic carboxylic acids is 1. The molecule has 0 aliphatic carbocycles. The quantitative estimate of drug-likeness (QED) is 0.782.